The Morgan fingerprint density at radius 2 is 1.57 bits per heavy atom. The van der Waals surface area contributed by atoms with Crippen LogP contribution in [0.25, 0.3) is 0 Å². The number of unbranched alkanes of at least 4 members (excludes halogenated alkanes) is 2. The molecule has 0 saturated carbocycles. The van der Waals surface area contributed by atoms with E-state index in [0.29, 0.717) is 13.0 Å². The average Bonchev–Trinajstić information content (AvgIpc) is 2.47. The van der Waals surface area contributed by atoms with E-state index in [2.05, 4.69) is 39.6 Å². The molecule has 0 heterocycles. The van der Waals surface area contributed by atoms with E-state index < -0.39 is 8.32 Å². The van der Waals surface area contributed by atoms with Gasteiger partial charge < -0.3 is 9.16 Å². The maximum absolute atomic E-state index is 11.8. The SMILES string of the molecule is CCCCC(/C=C/O[Si](C)(C)C)(CCCC)CCC(=O)OCC. The molecule has 0 aromatic heterocycles. The fourth-order valence-electron chi connectivity index (χ4n) is 2.65. The van der Waals surface area contributed by atoms with Gasteiger partial charge in [-0.2, -0.15) is 0 Å². The predicted octanol–water partition coefficient (Wildman–Crippen LogP) is 6.06. The van der Waals surface area contributed by atoms with E-state index >= 15 is 0 Å². The lowest BCUT2D eigenvalue weighted by atomic mass is 9.75. The Bertz CT molecular complexity index is 337. The fraction of sp³-hybridized carbons (Fsp3) is 0.842. The van der Waals surface area contributed by atoms with E-state index in [-0.39, 0.29) is 11.4 Å². The molecular weight excluding hydrogens is 304 g/mol. The summed E-state index contributed by atoms with van der Waals surface area (Å²) in [4.78, 5) is 11.8. The highest BCUT2D eigenvalue weighted by atomic mass is 28.4. The first kappa shape index (κ1) is 22.2. The lowest BCUT2D eigenvalue weighted by Crippen LogP contribution is -2.24. The van der Waals surface area contributed by atoms with Gasteiger partial charge in [0.05, 0.1) is 12.9 Å². The van der Waals surface area contributed by atoms with Crippen molar-refractivity contribution in [1.29, 1.82) is 0 Å². The average molecular weight is 343 g/mol. The molecule has 0 amide bonds. The van der Waals surface area contributed by atoms with E-state index in [9.17, 15) is 4.79 Å². The Labute approximate surface area is 145 Å². The van der Waals surface area contributed by atoms with Gasteiger partial charge in [-0.05, 0) is 57.3 Å². The lowest BCUT2D eigenvalue weighted by Gasteiger charge is -2.31. The zero-order valence-electron chi connectivity index (χ0n) is 16.2. The standard InChI is InChI=1S/C19H38O3Si/c1-7-10-13-19(14-11-8-2,15-12-18(20)21-9-3)16-17-22-23(4,5)6/h16-17H,7-15H2,1-6H3/b17-16+. The first-order valence-electron chi connectivity index (χ1n) is 9.29. The number of allylic oxidation sites excluding steroid dienone is 1. The van der Waals surface area contributed by atoms with E-state index in [1.165, 1.54) is 25.7 Å². The summed E-state index contributed by atoms with van der Waals surface area (Å²) >= 11 is 0. The maximum Gasteiger partial charge on any atom is 0.305 e. The third-order valence-corrected chi connectivity index (χ3v) is 4.88. The molecular formula is C19H38O3Si. The van der Waals surface area contributed by atoms with Crippen LogP contribution in [0, 0.1) is 5.41 Å². The molecule has 0 rings (SSSR count). The van der Waals surface area contributed by atoms with Crippen LogP contribution in [0.5, 0.6) is 0 Å². The number of hydrogen-bond donors (Lipinski definition) is 0. The summed E-state index contributed by atoms with van der Waals surface area (Å²) in [6.07, 6.45) is 12.5. The van der Waals surface area contributed by atoms with Gasteiger partial charge in [0.25, 0.3) is 0 Å². The molecule has 0 saturated heterocycles. The van der Waals surface area contributed by atoms with Crippen LogP contribution >= 0.6 is 0 Å². The quantitative estimate of drug-likeness (QED) is 0.232. The van der Waals surface area contributed by atoms with Crippen LogP contribution in [0.1, 0.15) is 72.1 Å². The minimum Gasteiger partial charge on any atom is -0.550 e. The molecule has 0 radical (unpaired) electrons. The van der Waals surface area contributed by atoms with Crippen molar-refractivity contribution in [2.45, 2.75) is 91.8 Å². The Kier molecular flexibility index (Phi) is 11.3. The number of carbonyl (C=O) groups excluding carboxylic acids is 1. The molecule has 0 N–H and O–H groups in total. The van der Waals surface area contributed by atoms with Gasteiger partial charge in [-0.1, -0.05) is 39.5 Å². The van der Waals surface area contributed by atoms with Gasteiger partial charge in [0, 0.05) is 6.42 Å². The molecule has 3 nitrogen and oxygen atoms in total. The van der Waals surface area contributed by atoms with Crippen LogP contribution in [-0.2, 0) is 14.0 Å². The normalized spacial score (nSPS) is 12.6. The summed E-state index contributed by atoms with van der Waals surface area (Å²) in [6, 6.07) is 0. The molecule has 0 atom stereocenters. The molecule has 0 bridgehead atoms. The second-order valence-corrected chi connectivity index (χ2v) is 11.9. The number of esters is 1. The minimum atomic E-state index is -1.56. The number of ether oxygens (including phenoxy) is 1. The molecule has 4 heteroatoms. The molecule has 23 heavy (non-hydrogen) atoms. The van der Waals surface area contributed by atoms with Crippen LogP contribution in [0.4, 0.5) is 0 Å². The third kappa shape index (κ3) is 11.4. The van der Waals surface area contributed by atoms with E-state index in [1.807, 2.05) is 13.2 Å². The Morgan fingerprint density at radius 3 is 2.00 bits per heavy atom. The smallest absolute Gasteiger partial charge is 0.305 e. The first-order chi connectivity index (χ1) is 10.8. The van der Waals surface area contributed by atoms with E-state index in [4.69, 9.17) is 9.16 Å². The van der Waals surface area contributed by atoms with Crippen molar-refractivity contribution in [3.8, 4) is 0 Å². The summed E-state index contributed by atoms with van der Waals surface area (Å²) in [5.74, 6) is -0.0793. The van der Waals surface area contributed by atoms with Crippen molar-refractivity contribution < 1.29 is 14.0 Å². The van der Waals surface area contributed by atoms with Crippen molar-refractivity contribution in [3.63, 3.8) is 0 Å². The Hall–Kier alpha value is -0.773. The molecule has 0 spiro atoms. The zero-order valence-corrected chi connectivity index (χ0v) is 17.2. The van der Waals surface area contributed by atoms with E-state index in [1.54, 1.807) is 0 Å². The first-order valence-corrected chi connectivity index (χ1v) is 12.7. The van der Waals surface area contributed by atoms with Crippen molar-refractivity contribution in [2.24, 2.45) is 5.41 Å². The summed E-state index contributed by atoms with van der Waals surface area (Å²) in [5, 5.41) is 0. The third-order valence-electron chi connectivity index (χ3n) is 4.03. The van der Waals surface area contributed by atoms with Gasteiger partial charge in [0.1, 0.15) is 0 Å². The van der Waals surface area contributed by atoms with Gasteiger partial charge in [0.15, 0.2) is 0 Å². The topological polar surface area (TPSA) is 35.5 Å². The van der Waals surface area contributed by atoms with Gasteiger partial charge in [-0.25, -0.2) is 0 Å². The van der Waals surface area contributed by atoms with Crippen LogP contribution in [-0.4, -0.2) is 20.9 Å². The number of rotatable bonds is 13. The fourth-order valence-corrected chi connectivity index (χ4v) is 3.13. The lowest BCUT2D eigenvalue weighted by molar-refractivity contribution is -0.143. The van der Waals surface area contributed by atoms with Gasteiger partial charge >= 0.3 is 5.97 Å². The summed E-state index contributed by atoms with van der Waals surface area (Å²) < 4.78 is 11.1. The largest absolute Gasteiger partial charge is 0.550 e. The highest BCUT2D eigenvalue weighted by molar-refractivity contribution is 6.69. The molecule has 136 valence electrons. The van der Waals surface area contributed by atoms with Gasteiger partial charge in [0.2, 0.25) is 8.32 Å². The van der Waals surface area contributed by atoms with Crippen LogP contribution in [0.2, 0.25) is 19.6 Å². The number of hydrogen-bond acceptors (Lipinski definition) is 3. The van der Waals surface area contributed by atoms with Crippen molar-refractivity contribution in [1.82, 2.24) is 0 Å². The maximum atomic E-state index is 11.8. The van der Waals surface area contributed by atoms with E-state index in [0.717, 1.165) is 19.3 Å². The highest BCUT2D eigenvalue weighted by Crippen LogP contribution is 2.38. The second kappa shape index (κ2) is 11.7. The Balaban J connectivity index is 5.02. The highest BCUT2D eigenvalue weighted by Gasteiger charge is 2.27. The minimum absolute atomic E-state index is 0.0679. The predicted molar refractivity (Wildman–Crippen MR) is 101 cm³/mol. The van der Waals surface area contributed by atoms with Gasteiger partial charge in [-0.15, -0.1) is 0 Å². The molecule has 0 unspecified atom stereocenters. The number of carbonyl (C=O) groups is 1. The Morgan fingerprint density at radius 1 is 1.00 bits per heavy atom. The van der Waals surface area contributed by atoms with Crippen LogP contribution in [0.15, 0.2) is 12.3 Å². The summed E-state index contributed by atoms with van der Waals surface area (Å²) in [7, 11) is -1.56. The second-order valence-electron chi connectivity index (χ2n) is 7.41. The van der Waals surface area contributed by atoms with Crippen molar-refractivity contribution >= 4 is 14.3 Å². The molecule has 0 aliphatic carbocycles. The van der Waals surface area contributed by atoms with Crippen molar-refractivity contribution in [3.05, 3.63) is 12.3 Å². The molecule has 0 aliphatic rings. The zero-order chi connectivity index (χ0) is 17.8. The molecule has 0 aromatic rings. The van der Waals surface area contributed by atoms with Crippen LogP contribution < -0.4 is 0 Å². The van der Waals surface area contributed by atoms with Crippen LogP contribution in [0.3, 0.4) is 0 Å². The van der Waals surface area contributed by atoms with Gasteiger partial charge in [-0.3, -0.25) is 4.79 Å². The molecule has 0 aromatic carbocycles. The summed E-state index contributed by atoms with van der Waals surface area (Å²) in [5.41, 5.74) is 0.0679. The monoisotopic (exact) mass is 342 g/mol. The molecule has 0 fully saturated rings. The van der Waals surface area contributed by atoms with Crippen molar-refractivity contribution in [2.75, 3.05) is 6.61 Å². The molecule has 0 aliphatic heterocycles. The summed E-state index contributed by atoms with van der Waals surface area (Å²) in [6.45, 7) is 13.3.